The van der Waals surface area contributed by atoms with E-state index in [4.69, 9.17) is 14.6 Å². The summed E-state index contributed by atoms with van der Waals surface area (Å²) in [5.74, 6) is -0.758. The van der Waals surface area contributed by atoms with Gasteiger partial charge in [-0.15, -0.1) is 0 Å². The van der Waals surface area contributed by atoms with Crippen LogP contribution in [0.25, 0.3) is 16.8 Å². The maximum absolute atomic E-state index is 13.2. The number of carbonyl (C=O) groups is 2. The Labute approximate surface area is 241 Å². The molecule has 0 aliphatic carbocycles. The van der Waals surface area contributed by atoms with Gasteiger partial charge in [0.05, 0.1) is 0 Å². The Hall–Kier alpha value is -3.43. The summed E-state index contributed by atoms with van der Waals surface area (Å²) in [5, 5.41) is 13.3. The Morgan fingerprint density at radius 2 is 1.68 bits per heavy atom. The number of aliphatic carboxylic acids is 1. The molecule has 0 saturated heterocycles. The van der Waals surface area contributed by atoms with Gasteiger partial charge in [-0.2, -0.15) is 0 Å². The second-order valence-corrected chi connectivity index (χ2v) is 10.7. The monoisotopic (exact) mass is 536 g/mol. The predicted molar refractivity (Wildman–Crippen MR) is 151 cm³/mol. The van der Waals surface area contributed by atoms with Gasteiger partial charge in [-0.3, -0.25) is 4.79 Å². The third-order valence-electron chi connectivity index (χ3n) is 5.40. The van der Waals surface area contributed by atoms with Gasteiger partial charge >= 0.3 is 143 Å². The summed E-state index contributed by atoms with van der Waals surface area (Å²) in [6.07, 6.45) is 1.82. The molecule has 9 heteroatoms. The molecule has 38 heavy (non-hydrogen) atoms. The fourth-order valence-corrected chi connectivity index (χ4v) is 4.74. The number of carboxylic acids is 1. The fourth-order valence-electron chi connectivity index (χ4n) is 3.58. The van der Waals surface area contributed by atoms with Gasteiger partial charge in [0.1, 0.15) is 12.4 Å². The number of aliphatic imine (C=N–C) groups is 1. The molecule has 2 N–H and O–H groups in total. The van der Waals surface area contributed by atoms with Gasteiger partial charge in [0.2, 0.25) is 0 Å². The van der Waals surface area contributed by atoms with Gasteiger partial charge < -0.3 is 5.11 Å². The average Bonchev–Trinajstić information content (AvgIpc) is 3.23. The molecule has 4 aromatic carbocycles. The maximum atomic E-state index is 13.2. The van der Waals surface area contributed by atoms with Gasteiger partial charge in [0.15, 0.2) is 0 Å². The molecular weight excluding hydrogens is 514 g/mol. The molecule has 1 aliphatic heterocycles. The molecule has 0 fully saturated rings. The smallest absolute Gasteiger partial charge is 0.207 e. The number of halogens is 1. The van der Waals surface area contributed by atoms with E-state index >= 15 is 0 Å². The average molecular weight is 537 g/mol. The Morgan fingerprint density at radius 1 is 1.05 bits per heavy atom. The van der Waals surface area contributed by atoms with Crippen molar-refractivity contribution in [3.8, 4) is 5.75 Å². The summed E-state index contributed by atoms with van der Waals surface area (Å²) >= 11 is 2.30. The molecule has 5 rings (SSSR count). The van der Waals surface area contributed by atoms with Crippen LogP contribution in [0, 0.1) is 5.82 Å². The van der Waals surface area contributed by atoms with Crippen molar-refractivity contribution in [3.63, 3.8) is 0 Å². The van der Waals surface area contributed by atoms with Gasteiger partial charge in [0, 0.05) is 6.92 Å². The third-order valence-corrected chi connectivity index (χ3v) is 6.96. The molecule has 0 bridgehead atoms. The number of hydrogen-bond donors (Lipinski definition) is 2. The number of thioether (sulfide) groups is 1. The number of anilines is 1. The second-order valence-electron chi connectivity index (χ2n) is 8.50. The minimum absolute atomic E-state index is 0.284. The topological polar surface area (TPSA) is 88.0 Å². The number of ether oxygens (including phenoxy) is 1. The van der Waals surface area contributed by atoms with E-state index in [1.807, 2.05) is 54.6 Å². The molecule has 186 valence electrons. The van der Waals surface area contributed by atoms with E-state index < -0.39 is 5.97 Å². The van der Waals surface area contributed by atoms with Crippen molar-refractivity contribution < 1.29 is 23.8 Å². The predicted octanol–water partition coefficient (Wildman–Crippen LogP) is 5.53. The van der Waals surface area contributed by atoms with Crippen molar-refractivity contribution in [1.29, 1.82) is 0 Å². The van der Waals surface area contributed by atoms with E-state index in [-0.39, 0.29) is 18.3 Å². The van der Waals surface area contributed by atoms with Crippen LogP contribution in [-0.2, 0) is 16.2 Å². The molecule has 6 nitrogen and oxygen atoms in total. The zero-order chi connectivity index (χ0) is 27.1. The molecule has 0 unspecified atom stereocenters. The molecule has 0 saturated carbocycles. The molecule has 0 radical (unpaired) electrons. The van der Waals surface area contributed by atoms with Crippen LogP contribution in [0.2, 0.25) is 0 Å². The SMILES string of the molecule is CC(=O)O.O=C1N=C(Nc2cc[c]([Na])cc2)SC1=Cc1cc2ccccc2cc1OCc1ccc(F)cc1. The molecule has 1 amide bonds. The Kier molecular flexibility index (Phi) is 9.36. The minimum atomic E-state index is -0.833. The van der Waals surface area contributed by atoms with Crippen LogP contribution in [0.5, 0.6) is 5.75 Å². The summed E-state index contributed by atoms with van der Waals surface area (Å²) in [4.78, 5) is 26.3. The third kappa shape index (κ3) is 7.79. The summed E-state index contributed by atoms with van der Waals surface area (Å²) in [6.45, 7) is 1.37. The Bertz CT molecular complexity index is 1530. The summed E-state index contributed by atoms with van der Waals surface area (Å²) in [7, 11) is 0. The van der Waals surface area contributed by atoms with Crippen LogP contribution in [0.15, 0.2) is 94.8 Å². The molecule has 0 aromatic heterocycles. The first-order valence-electron chi connectivity index (χ1n) is 11.7. The first kappa shape index (κ1) is 27.6. The van der Waals surface area contributed by atoms with E-state index in [9.17, 15) is 9.18 Å². The number of hydrogen-bond acceptors (Lipinski definition) is 5. The number of amidine groups is 1. The molecule has 0 spiro atoms. The van der Waals surface area contributed by atoms with E-state index in [1.165, 1.54) is 26.7 Å². The van der Waals surface area contributed by atoms with E-state index in [2.05, 4.69) is 22.4 Å². The zero-order valence-corrected chi connectivity index (χ0v) is 23.6. The van der Waals surface area contributed by atoms with Crippen LogP contribution in [0.3, 0.4) is 0 Å². The van der Waals surface area contributed by atoms with Gasteiger partial charge in [-0.25, -0.2) is 4.39 Å². The zero-order valence-electron chi connectivity index (χ0n) is 20.8. The number of amides is 1. The minimum Gasteiger partial charge on any atom is -0.207 e. The second kappa shape index (κ2) is 12.9. The van der Waals surface area contributed by atoms with Crippen LogP contribution >= 0.6 is 11.8 Å². The van der Waals surface area contributed by atoms with Crippen molar-refractivity contribution in [2.24, 2.45) is 4.99 Å². The Morgan fingerprint density at radius 3 is 2.34 bits per heavy atom. The summed E-state index contributed by atoms with van der Waals surface area (Å²) in [6, 6.07) is 26.3. The van der Waals surface area contributed by atoms with E-state index in [0.29, 0.717) is 15.8 Å². The van der Waals surface area contributed by atoms with Gasteiger partial charge in [0.25, 0.3) is 5.97 Å². The van der Waals surface area contributed by atoms with E-state index in [1.54, 1.807) is 12.1 Å². The van der Waals surface area contributed by atoms with Crippen molar-refractivity contribution in [2.75, 3.05) is 5.32 Å². The van der Waals surface area contributed by atoms with Gasteiger partial charge in [-0.05, 0) is 23.1 Å². The standard InChI is InChI=1S/C27H18FN2O2S.C2H4O2.Na/c28-22-12-10-18(11-13-22)17-32-24-15-20-7-5-4-6-19(20)14-21(24)16-25-26(31)30-27(33-25)29-23-8-2-1-3-9-23;1-2(3)4;/h2-16H,17H2,(H,29,30,31);1H3,(H,3,4);. The molecule has 1 aliphatic rings. The number of nitrogens with zero attached hydrogens (tertiary/aromatic N) is 1. The molecular formula is C29H22FN2NaO4S. The first-order valence-corrected chi connectivity index (χ1v) is 13.5. The first-order chi connectivity index (χ1) is 18.3. The number of carbonyl (C=O) groups excluding carboxylic acids is 1. The number of benzene rings is 4. The van der Waals surface area contributed by atoms with Crippen LogP contribution in [0.4, 0.5) is 10.1 Å². The van der Waals surface area contributed by atoms with Crippen LogP contribution in [-0.4, -0.2) is 50.1 Å². The van der Waals surface area contributed by atoms with Crippen LogP contribution in [0.1, 0.15) is 18.1 Å². The summed E-state index contributed by atoms with van der Waals surface area (Å²) in [5.41, 5.74) is 2.54. The van der Waals surface area contributed by atoms with Crippen molar-refractivity contribution >= 4 is 82.1 Å². The molecule has 0 atom stereocenters. The molecule has 4 aromatic rings. The number of rotatable bonds is 5. The van der Waals surface area contributed by atoms with Crippen molar-refractivity contribution in [3.05, 3.63) is 107 Å². The fraction of sp³-hybridized carbons (Fsp3) is 0.0690. The normalized spacial score (nSPS) is 13.6. The number of nitrogens with one attached hydrogen (secondary N) is 1. The van der Waals surface area contributed by atoms with Crippen LogP contribution < -0.4 is 12.9 Å². The van der Waals surface area contributed by atoms with Crippen molar-refractivity contribution in [1.82, 2.24) is 0 Å². The van der Waals surface area contributed by atoms with Gasteiger partial charge in [-0.1, -0.05) is 36.4 Å². The van der Waals surface area contributed by atoms with E-state index in [0.717, 1.165) is 62.4 Å². The Balaban J connectivity index is 0.000000786. The quantitative estimate of drug-likeness (QED) is 0.258. The number of carboxylic acid groups (broad SMARTS) is 1. The van der Waals surface area contributed by atoms with Crippen molar-refractivity contribution in [2.45, 2.75) is 13.5 Å². The number of fused-ring (bicyclic) bond motifs is 1. The molecule has 1 heterocycles. The summed E-state index contributed by atoms with van der Waals surface area (Å²) < 4.78 is 20.7.